The van der Waals surface area contributed by atoms with E-state index < -0.39 is 0 Å². The fourth-order valence-electron chi connectivity index (χ4n) is 2.53. The van der Waals surface area contributed by atoms with Gasteiger partial charge in [0.2, 0.25) is 0 Å². The third-order valence-electron chi connectivity index (χ3n) is 4.13. The molecular formula is C19H32O5. The van der Waals surface area contributed by atoms with Crippen molar-refractivity contribution in [2.75, 3.05) is 13.7 Å². The fraction of sp³-hybridized carbons (Fsp3) is 0.789. The van der Waals surface area contributed by atoms with Crippen molar-refractivity contribution in [3.05, 3.63) is 0 Å². The number of carbonyl (C=O) groups is 4. The Hall–Kier alpha value is -1.36. The summed E-state index contributed by atoms with van der Waals surface area (Å²) in [5.41, 5.74) is 0. The molecule has 0 aliphatic heterocycles. The Bertz CT molecular complexity index is 414. The fourth-order valence-corrected chi connectivity index (χ4v) is 2.53. The lowest BCUT2D eigenvalue weighted by atomic mass is 9.89. The van der Waals surface area contributed by atoms with Crippen LogP contribution in [0, 0.1) is 5.92 Å². The predicted octanol–water partition coefficient (Wildman–Crippen LogP) is 3.47. The van der Waals surface area contributed by atoms with Crippen LogP contribution >= 0.6 is 0 Å². The molecule has 138 valence electrons. The first-order valence-electron chi connectivity index (χ1n) is 8.92. The van der Waals surface area contributed by atoms with Crippen molar-refractivity contribution in [2.24, 2.45) is 5.92 Å². The number of Topliss-reactive ketones (excluding diaryl/α,β-unsaturated/α-hetero) is 4. The summed E-state index contributed by atoms with van der Waals surface area (Å²) < 4.78 is 4.89. The van der Waals surface area contributed by atoms with Crippen molar-refractivity contribution in [3.63, 3.8) is 0 Å². The number of rotatable bonds is 16. The van der Waals surface area contributed by atoms with Gasteiger partial charge in [0, 0.05) is 58.7 Å². The van der Waals surface area contributed by atoms with E-state index in [2.05, 4.69) is 0 Å². The molecule has 5 heteroatoms. The molecule has 5 nitrogen and oxygen atoms in total. The molecule has 0 saturated heterocycles. The quantitative estimate of drug-likeness (QED) is 0.402. The standard InChI is InChI=1S/C19H32O5/c1-4-17(21)14-16(8-7-15(2)20)9-10-19(23)12-11-18(22)6-5-13-24-3/h16H,4-14H2,1-3H3. The number of ether oxygens (including phenoxy) is 1. The third-order valence-corrected chi connectivity index (χ3v) is 4.13. The summed E-state index contributed by atoms with van der Waals surface area (Å²) in [6, 6.07) is 0. The first kappa shape index (κ1) is 22.6. The maximum Gasteiger partial charge on any atom is 0.133 e. The summed E-state index contributed by atoms with van der Waals surface area (Å²) in [6.07, 6.45) is 4.73. The highest BCUT2D eigenvalue weighted by Crippen LogP contribution is 2.20. The normalized spacial score (nSPS) is 12.0. The van der Waals surface area contributed by atoms with Crippen molar-refractivity contribution in [2.45, 2.75) is 78.1 Å². The van der Waals surface area contributed by atoms with Gasteiger partial charge in [-0.05, 0) is 32.1 Å². The van der Waals surface area contributed by atoms with Crippen LogP contribution in [0.5, 0.6) is 0 Å². The summed E-state index contributed by atoms with van der Waals surface area (Å²) in [4.78, 5) is 46.3. The van der Waals surface area contributed by atoms with E-state index in [1.807, 2.05) is 6.92 Å². The maximum absolute atomic E-state index is 11.9. The van der Waals surface area contributed by atoms with Gasteiger partial charge in [-0.3, -0.25) is 14.4 Å². The maximum atomic E-state index is 11.9. The van der Waals surface area contributed by atoms with Crippen molar-refractivity contribution >= 4 is 23.1 Å². The lowest BCUT2D eigenvalue weighted by Gasteiger charge is -2.14. The van der Waals surface area contributed by atoms with Crippen LogP contribution in [0.3, 0.4) is 0 Å². The van der Waals surface area contributed by atoms with E-state index in [9.17, 15) is 19.2 Å². The van der Waals surface area contributed by atoms with Crippen molar-refractivity contribution in [1.29, 1.82) is 0 Å². The van der Waals surface area contributed by atoms with Gasteiger partial charge in [-0.25, -0.2) is 0 Å². The lowest BCUT2D eigenvalue weighted by molar-refractivity contribution is -0.124. The average molecular weight is 340 g/mol. The van der Waals surface area contributed by atoms with Gasteiger partial charge in [0.25, 0.3) is 0 Å². The smallest absolute Gasteiger partial charge is 0.133 e. The van der Waals surface area contributed by atoms with E-state index in [0.29, 0.717) is 58.0 Å². The summed E-state index contributed by atoms with van der Waals surface area (Å²) in [5, 5.41) is 0. The molecule has 24 heavy (non-hydrogen) atoms. The van der Waals surface area contributed by atoms with Crippen LogP contribution < -0.4 is 0 Å². The number of hydrogen-bond donors (Lipinski definition) is 0. The van der Waals surface area contributed by atoms with Gasteiger partial charge in [-0.1, -0.05) is 6.92 Å². The van der Waals surface area contributed by atoms with Crippen molar-refractivity contribution in [1.82, 2.24) is 0 Å². The van der Waals surface area contributed by atoms with Gasteiger partial charge >= 0.3 is 0 Å². The van der Waals surface area contributed by atoms with E-state index in [-0.39, 0.29) is 41.9 Å². The van der Waals surface area contributed by atoms with Gasteiger partial charge in [-0.15, -0.1) is 0 Å². The molecule has 0 aromatic heterocycles. The van der Waals surface area contributed by atoms with E-state index in [0.717, 1.165) is 0 Å². The van der Waals surface area contributed by atoms with Crippen LogP contribution in [-0.2, 0) is 23.9 Å². The molecule has 0 saturated carbocycles. The zero-order chi connectivity index (χ0) is 18.4. The molecule has 1 atom stereocenters. The molecule has 0 radical (unpaired) electrons. The van der Waals surface area contributed by atoms with Gasteiger partial charge in [0.1, 0.15) is 23.1 Å². The largest absolute Gasteiger partial charge is 0.385 e. The second-order valence-electron chi connectivity index (χ2n) is 6.42. The molecule has 0 rings (SSSR count). The van der Waals surface area contributed by atoms with Crippen LogP contribution in [-0.4, -0.2) is 36.8 Å². The molecule has 0 N–H and O–H groups in total. The van der Waals surface area contributed by atoms with E-state index in [1.165, 1.54) is 0 Å². The molecular weight excluding hydrogens is 308 g/mol. The zero-order valence-electron chi connectivity index (χ0n) is 15.4. The van der Waals surface area contributed by atoms with E-state index in [4.69, 9.17) is 4.74 Å². The van der Waals surface area contributed by atoms with Crippen LogP contribution in [0.2, 0.25) is 0 Å². The minimum Gasteiger partial charge on any atom is -0.385 e. The third kappa shape index (κ3) is 13.1. The van der Waals surface area contributed by atoms with Gasteiger partial charge in [0.05, 0.1) is 0 Å². The summed E-state index contributed by atoms with van der Waals surface area (Å²) in [7, 11) is 1.60. The second-order valence-corrected chi connectivity index (χ2v) is 6.42. The molecule has 0 fully saturated rings. The Labute approximate surface area is 145 Å². The lowest BCUT2D eigenvalue weighted by Crippen LogP contribution is -2.12. The molecule has 0 amide bonds. The van der Waals surface area contributed by atoms with E-state index >= 15 is 0 Å². The molecule has 1 unspecified atom stereocenters. The Morgan fingerprint density at radius 3 is 1.96 bits per heavy atom. The molecule has 0 aliphatic rings. The Balaban J connectivity index is 4.12. The van der Waals surface area contributed by atoms with E-state index in [1.54, 1.807) is 14.0 Å². The van der Waals surface area contributed by atoms with Crippen LogP contribution in [0.15, 0.2) is 0 Å². The van der Waals surface area contributed by atoms with Gasteiger partial charge in [-0.2, -0.15) is 0 Å². The summed E-state index contributed by atoms with van der Waals surface area (Å²) >= 11 is 0. The molecule has 0 bridgehead atoms. The number of hydrogen-bond acceptors (Lipinski definition) is 5. The number of carbonyl (C=O) groups excluding carboxylic acids is 4. The molecule has 0 aromatic rings. The number of methoxy groups -OCH3 is 1. The first-order chi connectivity index (χ1) is 11.4. The molecule has 0 heterocycles. The van der Waals surface area contributed by atoms with Crippen LogP contribution in [0.4, 0.5) is 0 Å². The predicted molar refractivity (Wildman–Crippen MR) is 92.9 cm³/mol. The summed E-state index contributed by atoms with van der Waals surface area (Å²) in [5.74, 6) is 0.519. The van der Waals surface area contributed by atoms with Crippen molar-refractivity contribution < 1.29 is 23.9 Å². The first-order valence-corrected chi connectivity index (χ1v) is 8.92. The Morgan fingerprint density at radius 2 is 1.42 bits per heavy atom. The topological polar surface area (TPSA) is 77.5 Å². The highest BCUT2D eigenvalue weighted by Gasteiger charge is 2.16. The SMILES string of the molecule is CCC(=O)CC(CCC(C)=O)CCC(=O)CCC(=O)CCCOC. The monoisotopic (exact) mass is 340 g/mol. The minimum absolute atomic E-state index is 0.0619. The molecule has 0 aliphatic carbocycles. The van der Waals surface area contributed by atoms with Gasteiger partial charge in [0.15, 0.2) is 0 Å². The van der Waals surface area contributed by atoms with Crippen LogP contribution in [0.1, 0.15) is 78.1 Å². The highest BCUT2D eigenvalue weighted by molar-refractivity contribution is 5.86. The highest BCUT2D eigenvalue weighted by atomic mass is 16.5. The average Bonchev–Trinajstić information content (AvgIpc) is 2.55. The van der Waals surface area contributed by atoms with Crippen LogP contribution in [0.25, 0.3) is 0 Å². The summed E-state index contributed by atoms with van der Waals surface area (Å²) in [6.45, 7) is 3.92. The zero-order valence-corrected chi connectivity index (χ0v) is 15.4. The van der Waals surface area contributed by atoms with Gasteiger partial charge < -0.3 is 9.53 Å². The Morgan fingerprint density at radius 1 is 0.833 bits per heavy atom. The van der Waals surface area contributed by atoms with Crippen molar-refractivity contribution in [3.8, 4) is 0 Å². The Kier molecular flexibility index (Phi) is 13.2. The second kappa shape index (κ2) is 14.0. The minimum atomic E-state index is 0.0619. The number of ketones is 4. The molecule has 0 spiro atoms. The molecule has 0 aromatic carbocycles.